The van der Waals surface area contributed by atoms with Gasteiger partial charge in [0.2, 0.25) is 0 Å². The van der Waals surface area contributed by atoms with Gasteiger partial charge in [0.15, 0.2) is 0 Å². The molecule has 0 saturated heterocycles. The average Bonchev–Trinajstić information content (AvgIpc) is 2.60. The van der Waals surface area contributed by atoms with Crippen molar-refractivity contribution in [2.45, 2.75) is 33.2 Å². The van der Waals surface area contributed by atoms with E-state index < -0.39 is 23.2 Å². The van der Waals surface area contributed by atoms with Crippen molar-refractivity contribution in [1.29, 1.82) is 0 Å². The molecule has 0 aliphatic rings. The molecule has 0 unspecified atom stereocenters. The number of carbonyl (C=O) groups is 1. The molecule has 0 bridgehead atoms. The highest BCUT2D eigenvalue weighted by Gasteiger charge is 2.17. The van der Waals surface area contributed by atoms with Crippen molar-refractivity contribution in [1.82, 2.24) is 15.3 Å². The number of carbonyl (C=O) groups excluding carboxylic acids is 1. The van der Waals surface area contributed by atoms with Crippen LogP contribution in [-0.4, -0.2) is 35.6 Å². The van der Waals surface area contributed by atoms with E-state index in [9.17, 15) is 14.4 Å². The first kappa shape index (κ1) is 21.4. The van der Waals surface area contributed by atoms with E-state index in [1.165, 1.54) is 7.11 Å². The van der Waals surface area contributed by atoms with Gasteiger partial charge in [0, 0.05) is 0 Å². The summed E-state index contributed by atoms with van der Waals surface area (Å²) in [6.45, 7) is 5.40. The van der Waals surface area contributed by atoms with Gasteiger partial charge in [0.25, 0.3) is 11.5 Å². The second-order valence-corrected chi connectivity index (χ2v) is 5.81. The Bertz CT molecular complexity index is 825. The van der Waals surface area contributed by atoms with Gasteiger partial charge < -0.3 is 25.5 Å². The molecule has 0 fully saturated rings. The lowest BCUT2D eigenvalue weighted by Crippen LogP contribution is -2.39. The molecule has 1 atom stereocenters. The summed E-state index contributed by atoms with van der Waals surface area (Å²) in [5, 5.41) is 2.92. The van der Waals surface area contributed by atoms with Crippen molar-refractivity contribution in [3.8, 4) is 0 Å². The second-order valence-electron chi connectivity index (χ2n) is 5.43. The summed E-state index contributed by atoms with van der Waals surface area (Å²) < 4.78 is 10.7. The Morgan fingerprint density at radius 1 is 1.38 bits per heavy atom. The van der Waals surface area contributed by atoms with Crippen molar-refractivity contribution in [3.05, 3.63) is 49.2 Å². The van der Waals surface area contributed by atoms with Crippen LogP contribution in [0.25, 0.3) is 0 Å². The number of nitrogens with two attached hydrogens (primary N) is 1. The number of aromatic amines is 2. The SMILES string of the molecule is CC/C=C(OC[C@@H](C)NC(=O)c1[nH]c(=O)[nH]c(=O)c1N)\C(Cl)=C(/C)OC. The Morgan fingerprint density at radius 2 is 2.04 bits per heavy atom. The summed E-state index contributed by atoms with van der Waals surface area (Å²) in [5.74, 6) is 0.230. The Morgan fingerprint density at radius 3 is 2.62 bits per heavy atom. The molecular formula is C16H23ClN4O5. The van der Waals surface area contributed by atoms with Crippen molar-refractivity contribution in [2.75, 3.05) is 19.5 Å². The summed E-state index contributed by atoms with van der Waals surface area (Å²) in [4.78, 5) is 39.1. The third-order valence-corrected chi connectivity index (χ3v) is 3.75. The minimum atomic E-state index is -0.831. The maximum Gasteiger partial charge on any atom is 0.326 e. The van der Waals surface area contributed by atoms with Crippen LogP contribution >= 0.6 is 11.6 Å². The average molecular weight is 387 g/mol. The molecule has 0 saturated carbocycles. The Hall–Kier alpha value is -2.68. The lowest BCUT2D eigenvalue weighted by molar-refractivity contribution is 0.0907. The number of ether oxygens (including phenoxy) is 2. The smallest absolute Gasteiger partial charge is 0.326 e. The first-order valence-corrected chi connectivity index (χ1v) is 8.25. The van der Waals surface area contributed by atoms with E-state index in [2.05, 4.69) is 10.3 Å². The fraction of sp³-hybridized carbons (Fsp3) is 0.438. The number of allylic oxidation sites excluding steroid dienone is 3. The predicted octanol–water partition coefficient (Wildman–Crippen LogP) is 1.19. The highest BCUT2D eigenvalue weighted by Crippen LogP contribution is 2.21. The van der Waals surface area contributed by atoms with E-state index in [4.69, 9.17) is 26.8 Å². The van der Waals surface area contributed by atoms with Crippen LogP contribution in [0.2, 0.25) is 0 Å². The summed E-state index contributed by atoms with van der Waals surface area (Å²) in [7, 11) is 1.50. The van der Waals surface area contributed by atoms with E-state index in [0.29, 0.717) is 23.0 Å². The summed E-state index contributed by atoms with van der Waals surface area (Å²) in [5.41, 5.74) is 3.20. The molecule has 5 N–H and O–H groups in total. The van der Waals surface area contributed by atoms with Crippen molar-refractivity contribution in [2.24, 2.45) is 0 Å². The van der Waals surface area contributed by atoms with Crippen molar-refractivity contribution < 1.29 is 14.3 Å². The van der Waals surface area contributed by atoms with Crippen molar-refractivity contribution >= 4 is 23.2 Å². The molecule has 1 amide bonds. The third-order valence-electron chi connectivity index (χ3n) is 3.29. The zero-order valence-electron chi connectivity index (χ0n) is 15.1. The van der Waals surface area contributed by atoms with Gasteiger partial charge in [0.05, 0.1) is 13.2 Å². The highest BCUT2D eigenvalue weighted by atomic mass is 35.5. The molecule has 10 heteroatoms. The fourth-order valence-electron chi connectivity index (χ4n) is 1.89. The molecule has 0 aliphatic heterocycles. The van der Waals surface area contributed by atoms with Crippen LogP contribution in [-0.2, 0) is 9.47 Å². The Balaban J connectivity index is 2.82. The monoisotopic (exact) mass is 386 g/mol. The molecule has 0 spiro atoms. The van der Waals surface area contributed by atoms with E-state index in [-0.39, 0.29) is 18.0 Å². The number of anilines is 1. The number of amides is 1. The van der Waals surface area contributed by atoms with Crippen LogP contribution in [0.1, 0.15) is 37.7 Å². The quantitative estimate of drug-likeness (QED) is 0.391. The van der Waals surface area contributed by atoms with E-state index in [1.54, 1.807) is 19.9 Å². The molecule has 0 aromatic carbocycles. The molecule has 1 aromatic rings. The van der Waals surface area contributed by atoms with Gasteiger partial charge in [-0.3, -0.25) is 14.6 Å². The van der Waals surface area contributed by atoms with Crippen LogP contribution in [0, 0.1) is 0 Å². The number of hydrogen-bond acceptors (Lipinski definition) is 6. The molecule has 1 rings (SSSR count). The number of nitrogens with one attached hydrogen (secondary N) is 3. The number of aromatic nitrogens is 2. The molecule has 26 heavy (non-hydrogen) atoms. The molecule has 1 heterocycles. The predicted molar refractivity (Wildman–Crippen MR) is 98.9 cm³/mol. The minimum Gasteiger partial charge on any atom is -0.500 e. The molecule has 144 valence electrons. The van der Waals surface area contributed by atoms with Crippen LogP contribution in [0.5, 0.6) is 0 Å². The maximum absolute atomic E-state index is 12.2. The first-order chi connectivity index (χ1) is 12.2. The summed E-state index contributed by atoms with van der Waals surface area (Å²) in [6.07, 6.45) is 2.47. The number of methoxy groups -OCH3 is 1. The Kier molecular flexibility index (Phi) is 7.98. The molecule has 0 radical (unpaired) electrons. The lowest BCUT2D eigenvalue weighted by atomic mass is 10.3. The van der Waals surface area contributed by atoms with Crippen molar-refractivity contribution in [3.63, 3.8) is 0 Å². The van der Waals surface area contributed by atoms with Gasteiger partial charge in [-0.25, -0.2) is 4.79 Å². The maximum atomic E-state index is 12.2. The minimum absolute atomic E-state index is 0.0954. The van der Waals surface area contributed by atoms with Crippen LogP contribution in [0.4, 0.5) is 5.69 Å². The van der Waals surface area contributed by atoms with Gasteiger partial charge in [-0.15, -0.1) is 0 Å². The largest absolute Gasteiger partial charge is 0.500 e. The molecular weight excluding hydrogens is 364 g/mol. The van der Waals surface area contributed by atoms with E-state index >= 15 is 0 Å². The second kappa shape index (κ2) is 9.71. The summed E-state index contributed by atoms with van der Waals surface area (Å²) in [6, 6.07) is -0.461. The van der Waals surface area contributed by atoms with Crippen LogP contribution < -0.4 is 22.3 Å². The molecule has 9 nitrogen and oxygen atoms in total. The zero-order chi connectivity index (χ0) is 19.9. The molecule has 1 aromatic heterocycles. The lowest BCUT2D eigenvalue weighted by Gasteiger charge is -2.17. The van der Waals surface area contributed by atoms with E-state index in [0.717, 1.165) is 0 Å². The van der Waals surface area contributed by atoms with Crippen LogP contribution in [0.3, 0.4) is 0 Å². The number of H-pyrrole nitrogens is 2. The van der Waals surface area contributed by atoms with E-state index in [1.807, 2.05) is 11.9 Å². The number of rotatable bonds is 8. The third kappa shape index (κ3) is 5.69. The topological polar surface area (TPSA) is 139 Å². The Labute approximate surface area is 155 Å². The fourth-order valence-corrected chi connectivity index (χ4v) is 2.10. The standard InChI is InChI=1S/C16H23ClN4O5/c1-5-6-10(11(17)9(3)25-4)26-7-8(2)19-15(23)13-12(18)14(22)21-16(24)20-13/h6,8H,5,7,18H2,1-4H3,(H,19,23)(H2,20,21,22,24)/b10-6+,11-9-/t8-/m1/s1. The van der Waals surface area contributed by atoms with Gasteiger partial charge in [-0.05, 0) is 26.3 Å². The van der Waals surface area contributed by atoms with Gasteiger partial charge in [0.1, 0.15) is 34.5 Å². The highest BCUT2D eigenvalue weighted by molar-refractivity contribution is 6.32. The zero-order valence-corrected chi connectivity index (χ0v) is 15.8. The number of halogens is 1. The van der Waals surface area contributed by atoms with Gasteiger partial charge in [-0.2, -0.15) is 0 Å². The summed E-state index contributed by atoms with van der Waals surface area (Å²) >= 11 is 6.20. The van der Waals surface area contributed by atoms with Gasteiger partial charge in [-0.1, -0.05) is 18.5 Å². The van der Waals surface area contributed by atoms with Crippen LogP contribution in [0.15, 0.2) is 32.2 Å². The number of nitrogen functional groups attached to an aromatic ring is 1. The number of hydrogen-bond donors (Lipinski definition) is 4. The van der Waals surface area contributed by atoms with Gasteiger partial charge >= 0.3 is 5.69 Å². The normalized spacial score (nSPS) is 13.7. The first-order valence-electron chi connectivity index (χ1n) is 7.87. The molecule has 0 aliphatic carbocycles.